The first-order valence-electron chi connectivity index (χ1n) is 5.15. The Kier molecular flexibility index (Phi) is 4.01. The van der Waals surface area contributed by atoms with Crippen LogP contribution in [-0.4, -0.2) is 16.5 Å². The molecule has 0 aliphatic heterocycles. The van der Waals surface area contributed by atoms with Gasteiger partial charge in [-0.05, 0) is 25.5 Å². The molecular weight excluding hydrogens is 174 g/mol. The Balaban J connectivity index is 2.83. The molecule has 0 spiro atoms. The van der Waals surface area contributed by atoms with E-state index in [1.54, 1.807) is 0 Å². The number of nitrogens with two attached hydrogens (primary N) is 1. The van der Waals surface area contributed by atoms with E-state index >= 15 is 0 Å². The molecule has 0 radical (unpaired) electrons. The van der Waals surface area contributed by atoms with Gasteiger partial charge in [0.2, 0.25) is 0 Å². The fraction of sp³-hybridized carbons (Fsp3) is 0.636. The van der Waals surface area contributed by atoms with Crippen molar-refractivity contribution >= 4 is 0 Å². The van der Waals surface area contributed by atoms with Gasteiger partial charge >= 0.3 is 0 Å². The first kappa shape index (κ1) is 11.1. The Bertz CT molecular complexity index is 295. The molecule has 0 saturated heterocycles. The number of aromatic nitrogens is 2. The third kappa shape index (κ3) is 3.42. The summed E-state index contributed by atoms with van der Waals surface area (Å²) in [5.41, 5.74) is 7.61. The summed E-state index contributed by atoms with van der Waals surface area (Å²) in [5.74, 6) is 1.55. The van der Waals surface area contributed by atoms with Gasteiger partial charge < -0.3 is 5.73 Å². The molecule has 3 heteroatoms. The Hall–Kier alpha value is -0.960. The first-order valence-corrected chi connectivity index (χ1v) is 5.15. The molecule has 3 nitrogen and oxygen atoms in total. The fourth-order valence-electron chi connectivity index (χ4n) is 1.43. The van der Waals surface area contributed by atoms with E-state index in [0.717, 1.165) is 30.1 Å². The topological polar surface area (TPSA) is 51.8 Å². The molecule has 0 unspecified atom stereocenters. The lowest BCUT2D eigenvalue weighted by Gasteiger charge is -2.06. The van der Waals surface area contributed by atoms with Crippen molar-refractivity contribution in [3.8, 4) is 0 Å². The summed E-state index contributed by atoms with van der Waals surface area (Å²) >= 11 is 0. The number of nitrogens with zero attached hydrogens (tertiary/aromatic N) is 2. The standard InChI is InChI=1S/C11H19N3/c1-8(2)6-11-13-9(3)7-10(14-11)4-5-12/h7-8H,4-6,12H2,1-3H3. The molecule has 1 rings (SSSR count). The lowest BCUT2D eigenvalue weighted by atomic mass is 10.1. The Morgan fingerprint density at radius 1 is 1.36 bits per heavy atom. The van der Waals surface area contributed by atoms with E-state index in [0.29, 0.717) is 12.5 Å². The average molecular weight is 193 g/mol. The van der Waals surface area contributed by atoms with Crippen molar-refractivity contribution < 1.29 is 0 Å². The highest BCUT2D eigenvalue weighted by molar-refractivity contribution is 5.10. The minimum atomic E-state index is 0.600. The van der Waals surface area contributed by atoms with Crippen LogP contribution in [-0.2, 0) is 12.8 Å². The van der Waals surface area contributed by atoms with Gasteiger partial charge in [0.25, 0.3) is 0 Å². The summed E-state index contributed by atoms with van der Waals surface area (Å²) in [7, 11) is 0. The number of rotatable bonds is 4. The minimum Gasteiger partial charge on any atom is -0.330 e. The maximum Gasteiger partial charge on any atom is 0.129 e. The minimum absolute atomic E-state index is 0.600. The Labute approximate surface area is 85.8 Å². The van der Waals surface area contributed by atoms with Gasteiger partial charge in [-0.1, -0.05) is 13.8 Å². The average Bonchev–Trinajstić information content (AvgIpc) is 2.01. The largest absolute Gasteiger partial charge is 0.330 e. The predicted octanol–water partition coefficient (Wildman–Crippen LogP) is 1.48. The van der Waals surface area contributed by atoms with E-state index in [1.165, 1.54) is 0 Å². The van der Waals surface area contributed by atoms with E-state index in [4.69, 9.17) is 5.73 Å². The van der Waals surface area contributed by atoms with E-state index in [1.807, 2.05) is 13.0 Å². The third-order valence-corrected chi connectivity index (χ3v) is 1.94. The Morgan fingerprint density at radius 3 is 2.64 bits per heavy atom. The van der Waals surface area contributed by atoms with Crippen LogP contribution in [0.1, 0.15) is 31.1 Å². The summed E-state index contributed by atoms with van der Waals surface area (Å²) in [6.45, 7) is 7.01. The number of hydrogen-bond donors (Lipinski definition) is 1. The lowest BCUT2D eigenvalue weighted by Crippen LogP contribution is -2.09. The molecule has 0 fully saturated rings. The van der Waals surface area contributed by atoms with Crippen molar-refractivity contribution in [1.82, 2.24) is 9.97 Å². The van der Waals surface area contributed by atoms with E-state index in [-0.39, 0.29) is 0 Å². The molecule has 1 aromatic rings. The van der Waals surface area contributed by atoms with Gasteiger partial charge in [-0.25, -0.2) is 9.97 Å². The van der Waals surface area contributed by atoms with Gasteiger partial charge in [0.15, 0.2) is 0 Å². The number of aryl methyl sites for hydroxylation is 1. The maximum absolute atomic E-state index is 5.50. The van der Waals surface area contributed by atoms with Crippen molar-refractivity contribution in [3.63, 3.8) is 0 Å². The van der Waals surface area contributed by atoms with Crippen LogP contribution in [0.3, 0.4) is 0 Å². The van der Waals surface area contributed by atoms with Crippen LogP contribution in [0.5, 0.6) is 0 Å². The Morgan fingerprint density at radius 2 is 2.07 bits per heavy atom. The maximum atomic E-state index is 5.50. The zero-order valence-electron chi connectivity index (χ0n) is 9.25. The van der Waals surface area contributed by atoms with Crippen molar-refractivity contribution in [1.29, 1.82) is 0 Å². The molecule has 0 aliphatic rings. The molecule has 78 valence electrons. The van der Waals surface area contributed by atoms with Crippen LogP contribution < -0.4 is 5.73 Å². The predicted molar refractivity (Wildman–Crippen MR) is 58.1 cm³/mol. The second kappa shape index (κ2) is 5.05. The highest BCUT2D eigenvalue weighted by Crippen LogP contribution is 2.06. The molecule has 0 atom stereocenters. The van der Waals surface area contributed by atoms with Crippen LogP contribution in [0.15, 0.2) is 6.07 Å². The molecule has 2 N–H and O–H groups in total. The second-order valence-corrected chi connectivity index (χ2v) is 4.05. The van der Waals surface area contributed by atoms with E-state index < -0.39 is 0 Å². The first-order chi connectivity index (χ1) is 6.61. The SMILES string of the molecule is Cc1cc(CCN)nc(CC(C)C)n1. The van der Waals surface area contributed by atoms with E-state index in [9.17, 15) is 0 Å². The summed E-state index contributed by atoms with van der Waals surface area (Å²) < 4.78 is 0. The van der Waals surface area contributed by atoms with Crippen molar-refractivity contribution in [3.05, 3.63) is 23.3 Å². The van der Waals surface area contributed by atoms with Crippen LogP contribution in [0, 0.1) is 12.8 Å². The molecule has 1 heterocycles. The van der Waals surface area contributed by atoms with Crippen molar-refractivity contribution in [2.24, 2.45) is 11.7 Å². The number of hydrogen-bond acceptors (Lipinski definition) is 3. The zero-order chi connectivity index (χ0) is 10.6. The molecule has 0 aromatic carbocycles. The summed E-state index contributed by atoms with van der Waals surface area (Å²) in [6.07, 6.45) is 1.79. The van der Waals surface area contributed by atoms with Gasteiger partial charge in [-0.3, -0.25) is 0 Å². The fourth-order valence-corrected chi connectivity index (χ4v) is 1.43. The molecule has 0 amide bonds. The van der Waals surface area contributed by atoms with E-state index in [2.05, 4.69) is 23.8 Å². The molecular formula is C11H19N3. The zero-order valence-corrected chi connectivity index (χ0v) is 9.25. The van der Waals surface area contributed by atoms with Crippen LogP contribution in [0.25, 0.3) is 0 Å². The summed E-state index contributed by atoms with van der Waals surface area (Å²) in [4.78, 5) is 8.88. The van der Waals surface area contributed by atoms with Gasteiger partial charge in [-0.15, -0.1) is 0 Å². The monoisotopic (exact) mass is 193 g/mol. The summed E-state index contributed by atoms with van der Waals surface area (Å²) in [5, 5.41) is 0. The highest BCUT2D eigenvalue weighted by Gasteiger charge is 2.03. The molecule has 0 aliphatic carbocycles. The normalized spacial score (nSPS) is 10.9. The smallest absolute Gasteiger partial charge is 0.129 e. The van der Waals surface area contributed by atoms with Crippen molar-refractivity contribution in [2.75, 3.05) is 6.54 Å². The molecule has 0 saturated carbocycles. The summed E-state index contributed by atoms with van der Waals surface area (Å²) in [6, 6.07) is 2.01. The van der Waals surface area contributed by atoms with Gasteiger partial charge in [-0.2, -0.15) is 0 Å². The van der Waals surface area contributed by atoms with Crippen molar-refractivity contribution in [2.45, 2.75) is 33.6 Å². The lowest BCUT2D eigenvalue weighted by molar-refractivity contribution is 0.615. The van der Waals surface area contributed by atoms with Gasteiger partial charge in [0.1, 0.15) is 5.82 Å². The molecule has 0 bridgehead atoms. The molecule has 1 aromatic heterocycles. The third-order valence-electron chi connectivity index (χ3n) is 1.94. The quantitative estimate of drug-likeness (QED) is 0.788. The van der Waals surface area contributed by atoms with Gasteiger partial charge in [0.05, 0.1) is 0 Å². The highest BCUT2D eigenvalue weighted by atomic mass is 14.9. The van der Waals surface area contributed by atoms with Crippen LogP contribution in [0.2, 0.25) is 0 Å². The van der Waals surface area contributed by atoms with Crippen LogP contribution in [0.4, 0.5) is 0 Å². The van der Waals surface area contributed by atoms with Gasteiger partial charge in [0, 0.05) is 24.2 Å². The molecule has 14 heavy (non-hydrogen) atoms. The van der Waals surface area contributed by atoms with Crippen LogP contribution >= 0.6 is 0 Å². The second-order valence-electron chi connectivity index (χ2n) is 4.05.